The first-order valence-electron chi connectivity index (χ1n) is 8.71. The molecule has 0 unspecified atom stereocenters. The van der Waals surface area contributed by atoms with E-state index in [2.05, 4.69) is 32.1 Å². The molecule has 0 saturated carbocycles. The van der Waals surface area contributed by atoms with E-state index in [9.17, 15) is 9.59 Å². The SMILES string of the molecule is C=C1NC(=O)N(c2cc(Cl)c(Oc3ccc(=O)n(-c4ncccn4)n3)c(Cl)c2)N=C1C#N. The van der Waals surface area contributed by atoms with E-state index in [1.54, 1.807) is 6.07 Å². The van der Waals surface area contributed by atoms with Crippen molar-refractivity contribution in [3.05, 3.63) is 75.4 Å². The van der Waals surface area contributed by atoms with Gasteiger partial charge in [0, 0.05) is 24.5 Å². The molecular weight excluding hydrogens is 459 g/mol. The third kappa shape index (κ3) is 4.00. The smallest absolute Gasteiger partial charge is 0.347 e. The standard InChI is InChI=1S/C19H10Cl2N8O3/c1-10-14(9-22)26-28(19(31)25-10)11-7-12(20)17(13(21)8-11)32-15-3-4-16(30)29(27-15)18-23-5-2-6-24-18/h2-8H,1H2,(H,25,31). The van der Waals surface area contributed by atoms with Crippen molar-refractivity contribution in [1.82, 2.24) is 25.1 Å². The maximum absolute atomic E-state index is 12.2. The third-order valence-corrected chi connectivity index (χ3v) is 4.56. The molecule has 0 spiro atoms. The van der Waals surface area contributed by atoms with Crippen molar-refractivity contribution in [2.24, 2.45) is 5.10 Å². The Kier molecular flexibility index (Phi) is 5.55. The molecule has 4 rings (SSSR count). The largest absolute Gasteiger partial charge is 0.434 e. The molecule has 32 heavy (non-hydrogen) atoms. The Hall–Kier alpha value is -4.27. The number of hydrogen-bond acceptors (Lipinski definition) is 8. The van der Waals surface area contributed by atoms with Gasteiger partial charge >= 0.3 is 6.03 Å². The minimum absolute atomic E-state index is 0.00888. The second-order valence-electron chi connectivity index (χ2n) is 6.09. The number of halogens is 2. The number of carbonyl (C=O) groups excluding carboxylic acids is 1. The third-order valence-electron chi connectivity index (χ3n) is 3.99. The number of hydrazone groups is 1. The van der Waals surface area contributed by atoms with Crippen LogP contribution in [0.25, 0.3) is 5.95 Å². The van der Waals surface area contributed by atoms with Gasteiger partial charge in [-0.2, -0.15) is 20.1 Å². The van der Waals surface area contributed by atoms with Crippen LogP contribution in [0.1, 0.15) is 0 Å². The Labute approximate surface area is 189 Å². The van der Waals surface area contributed by atoms with Crippen LogP contribution in [0.2, 0.25) is 10.0 Å². The summed E-state index contributed by atoms with van der Waals surface area (Å²) in [7, 11) is 0. The van der Waals surface area contributed by atoms with Crippen LogP contribution < -0.4 is 20.6 Å². The van der Waals surface area contributed by atoms with Crippen LogP contribution in [-0.4, -0.2) is 31.5 Å². The lowest BCUT2D eigenvalue weighted by Crippen LogP contribution is -2.42. The Morgan fingerprint density at radius 2 is 1.81 bits per heavy atom. The number of nitriles is 1. The Balaban J connectivity index is 1.68. The van der Waals surface area contributed by atoms with Crippen LogP contribution >= 0.6 is 23.2 Å². The molecule has 1 aromatic carbocycles. The van der Waals surface area contributed by atoms with Crippen molar-refractivity contribution in [3.8, 4) is 23.6 Å². The average molecular weight is 469 g/mol. The molecule has 0 fully saturated rings. The minimum Gasteiger partial charge on any atom is -0.434 e. The van der Waals surface area contributed by atoms with Crippen molar-refractivity contribution < 1.29 is 9.53 Å². The van der Waals surface area contributed by atoms with E-state index in [0.29, 0.717) is 0 Å². The molecule has 2 amide bonds. The first kappa shape index (κ1) is 21.0. The van der Waals surface area contributed by atoms with Crippen LogP contribution in [0.3, 0.4) is 0 Å². The second-order valence-corrected chi connectivity index (χ2v) is 6.91. The molecule has 1 aliphatic heterocycles. The number of carbonyl (C=O) groups is 1. The summed E-state index contributed by atoms with van der Waals surface area (Å²) < 4.78 is 6.63. The molecule has 0 aliphatic carbocycles. The van der Waals surface area contributed by atoms with E-state index < -0.39 is 11.6 Å². The van der Waals surface area contributed by atoms with Gasteiger partial charge < -0.3 is 10.1 Å². The summed E-state index contributed by atoms with van der Waals surface area (Å²) in [6.07, 6.45) is 2.92. The number of rotatable bonds is 4. The summed E-state index contributed by atoms with van der Waals surface area (Å²) in [6.45, 7) is 3.55. The number of anilines is 1. The van der Waals surface area contributed by atoms with Crippen molar-refractivity contribution in [2.45, 2.75) is 0 Å². The molecule has 3 aromatic rings. The molecular formula is C19H10Cl2N8O3. The van der Waals surface area contributed by atoms with Gasteiger partial charge in [-0.1, -0.05) is 29.8 Å². The zero-order chi connectivity index (χ0) is 22.8. The Bertz CT molecular complexity index is 1360. The molecule has 158 valence electrons. The molecule has 2 aromatic heterocycles. The summed E-state index contributed by atoms with van der Waals surface area (Å²) in [5, 5.41) is 20.5. The highest BCUT2D eigenvalue weighted by atomic mass is 35.5. The molecule has 0 atom stereocenters. The fourth-order valence-corrected chi connectivity index (χ4v) is 3.13. The summed E-state index contributed by atoms with van der Waals surface area (Å²) in [4.78, 5) is 32.3. The number of allylic oxidation sites excluding steroid dienone is 1. The summed E-state index contributed by atoms with van der Waals surface area (Å²) >= 11 is 12.6. The van der Waals surface area contributed by atoms with Gasteiger partial charge in [0.25, 0.3) is 11.5 Å². The molecule has 1 aliphatic rings. The lowest BCUT2D eigenvalue weighted by Gasteiger charge is -2.24. The molecule has 11 nitrogen and oxygen atoms in total. The van der Waals surface area contributed by atoms with E-state index in [1.165, 1.54) is 36.7 Å². The number of nitrogens with one attached hydrogen (secondary N) is 1. The van der Waals surface area contributed by atoms with E-state index in [1.807, 2.05) is 6.07 Å². The fourth-order valence-electron chi connectivity index (χ4n) is 2.58. The van der Waals surface area contributed by atoms with E-state index >= 15 is 0 Å². The van der Waals surface area contributed by atoms with Crippen LogP contribution in [0.4, 0.5) is 10.5 Å². The highest BCUT2D eigenvalue weighted by molar-refractivity contribution is 6.37. The minimum atomic E-state index is -0.647. The average Bonchev–Trinajstić information content (AvgIpc) is 2.78. The van der Waals surface area contributed by atoms with Crippen molar-refractivity contribution in [1.29, 1.82) is 5.26 Å². The van der Waals surface area contributed by atoms with Gasteiger partial charge in [-0.05, 0) is 18.2 Å². The van der Waals surface area contributed by atoms with E-state index in [4.69, 9.17) is 33.2 Å². The zero-order valence-electron chi connectivity index (χ0n) is 15.9. The maximum atomic E-state index is 12.2. The molecule has 0 radical (unpaired) electrons. The summed E-state index contributed by atoms with van der Waals surface area (Å²) in [6, 6.07) is 8.06. The van der Waals surface area contributed by atoms with Gasteiger partial charge in [-0.25, -0.2) is 14.8 Å². The lowest BCUT2D eigenvalue weighted by molar-refractivity contribution is 0.248. The molecule has 0 saturated heterocycles. The van der Waals surface area contributed by atoms with Crippen LogP contribution in [0.15, 0.2) is 64.9 Å². The van der Waals surface area contributed by atoms with Gasteiger partial charge in [0.2, 0.25) is 5.88 Å². The van der Waals surface area contributed by atoms with E-state index in [0.717, 1.165) is 9.69 Å². The van der Waals surface area contributed by atoms with Crippen molar-refractivity contribution >= 4 is 40.6 Å². The van der Waals surface area contributed by atoms with Gasteiger partial charge in [0.05, 0.1) is 21.4 Å². The molecule has 3 heterocycles. The molecule has 13 heteroatoms. The number of urea groups is 1. The highest BCUT2D eigenvalue weighted by Crippen LogP contribution is 2.39. The van der Waals surface area contributed by atoms with Gasteiger partial charge in [-0.15, -0.1) is 5.10 Å². The quantitative estimate of drug-likeness (QED) is 0.620. The summed E-state index contributed by atoms with van der Waals surface area (Å²) in [5.74, 6) is 0.0693. The topological polar surface area (TPSA) is 138 Å². The summed E-state index contributed by atoms with van der Waals surface area (Å²) in [5.41, 5.74) is -0.290. The molecule has 0 bridgehead atoms. The van der Waals surface area contributed by atoms with Gasteiger partial charge in [0.15, 0.2) is 11.5 Å². The first-order chi connectivity index (χ1) is 15.4. The number of hydrogen-bond donors (Lipinski definition) is 1. The maximum Gasteiger partial charge on any atom is 0.347 e. The van der Waals surface area contributed by atoms with Crippen molar-refractivity contribution in [3.63, 3.8) is 0 Å². The predicted octanol–water partition coefficient (Wildman–Crippen LogP) is 3.04. The first-order valence-corrected chi connectivity index (χ1v) is 9.46. The highest BCUT2D eigenvalue weighted by Gasteiger charge is 2.26. The fraction of sp³-hybridized carbons (Fsp3) is 0. The zero-order valence-corrected chi connectivity index (χ0v) is 17.4. The number of amides is 2. The van der Waals surface area contributed by atoms with Crippen LogP contribution in [0, 0.1) is 11.3 Å². The predicted molar refractivity (Wildman–Crippen MR) is 115 cm³/mol. The van der Waals surface area contributed by atoms with E-state index in [-0.39, 0.29) is 44.7 Å². The monoisotopic (exact) mass is 468 g/mol. The number of nitrogens with zero attached hydrogens (tertiary/aromatic N) is 7. The number of benzene rings is 1. The van der Waals surface area contributed by atoms with Crippen LogP contribution in [0.5, 0.6) is 11.6 Å². The molecule has 1 N–H and O–H groups in total. The van der Waals surface area contributed by atoms with Gasteiger partial charge in [-0.3, -0.25) is 4.79 Å². The Morgan fingerprint density at radius 1 is 1.12 bits per heavy atom. The Morgan fingerprint density at radius 3 is 2.47 bits per heavy atom. The second kappa shape index (κ2) is 8.46. The van der Waals surface area contributed by atoms with Crippen molar-refractivity contribution in [2.75, 3.05) is 5.01 Å². The number of ether oxygens (including phenoxy) is 1. The normalized spacial score (nSPS) is 13.3. The van der Waals surface area contributed by atoms with Gasteiger partial charge in [0.1, 0.15) is 6.07 Å². The van der Waals surface area contributed by atoms with Crippen LogP contribution in [-0.2, 0) is 0 Å². The lowest BCUT2D eigenvalue weighted by atomic mass is 10.2. The number of aromatic nitrogens is 4.